The first-order valence-corrected chi connectivity index (χ1v) is 5.72. The number of hydrogen-bond donors (Lipinski definition) is 0. The Labute approximate surface area is 97.5 Å². The molecule has 1 aliphatic heterocycles. The Hall–Kier alpha value is -2.04. The van der Waals surface area contributed by atoms with Crippen molar-refractivity contribution in [3.8, 4) is 0 Å². The molecule has 0 bridgehead atoms. The molecule has 2 heterocycles. The molecule has 5 nitrogen and oxygen atoms in total. The summed E-state index contributed by atoms with van der Waals surface area (Å²) in [5, 5.41) is 0. The average molecular weight is 231 g/mol. The van der Waals surface area contributed by atoms with Gasteiger partial charge >= 0.3 is 11.4 Å². The molecule has 0 fully saturated rings. The SMILES string of the molecule is O=c1n(Cc2ccccc2)c(=O)n2n1CCC2. The highest BCUT2D eigenvalue weighted by atomic mass is 16.2. The maximum absolute atomic E-state index is 12.0. The van der Waals surface area contributed by atoms with Crippen LogP contribution in [0.3, 0.4) is 0 Å². The number of hydrogen-bond acceptors (Lipinski definition) is 2. The van der Waals surface area contributed by atoms with E-state index in [2.05, 4.69) is 0 Å². The zero-order valence-electron chi connectivity index (χ0n) is 9.37. The highest BCUT2D eigenvalue weighted by molar-refractivity contribution is 5.14. The van der Waals surface area contributed by atoms with Crippen LogP contribution in [0.25, 0.3) is 0 Å². The quantitative estimate of drug-likeness (QED) is 0.744. The lowest BCUT2D eigenvalue weighted by molar-refractivity contribution is 0.580. The fourth-order valence-corrected chi connectivity index (χ4v) is 2.27. The van der Waals surface area contributed by atoms with Gasteiger partial charge in [0.05, 0.1) is 6.54 Å². The average Bonchev–Trinajstić information content (AvgIpc) is 2.91. The van der Waals surface area contributed by atoms with Crippen LogP contribution in [0.4, 0.5) is 0 Å². The van der Waals surface area contributed by atoms with E-state index >= 15 is 0 Å². The van der Waals surface area contributed by atoms with E-state index < -0.39 is 0 Å². The summed E-state index contributed by atoms with van der Waals surface area (Å²) in [6, 6.07) is 9.56. The summed E-state index contributed by atoms with van der Waals surface area (Å²) in [7, 11) is 0. The molecular weight excluding hydrogens is 218 g/mol. The fraction of sp³-hybridized carbons (Fsp3) is 0.333. The van der Waals surface area contributed by atoms with Crippen molar-refractivity contribution in [1.29, 1.82) is 0 Å². The van der Waals surface area contributed by atoms with Gasteiger partial charge in [-0.1, -0.05) is 30.3 Å². The molecule has 1 aliphatic rings. The third kappa shape index (κ3) is 1.54. The molecule has 0 saturated carbocycles. The fourth-order valence-electron chi connectivity index (χ4n) is 2.27. The Morgan fingerprint density at radius 3 is 2.12 bits per heavy atom. The van der Waals surface area contributed by atoms with Crippen LogP contribution in [0.5, 0.6) is 0 Å². The molecule has 88 valence electrons. The largest absolute Gasteiger partial charge is 0.347 e. The van der Waals surface area contributed by atoms with Crippen LogP contribution >= 0.6 is 0 Å². The van der Waals surface area contributed by atoms with E-state index in [0.717, 1.165) is 12.0 Å². The summed E-state index contributed by atoms with van der Waals surface area (Å²) >= 11 is 0. The first-order valence-electron chi connectivity index (χ1n) is 5.72. The van der Waals surface area contributed by atoms with Crippen LogP contribution in [0.1, 0.15) is 12.0 Å². The highest BCUT2D eigenvalue weighted by Gasteiger charge is 2.19. The Morgan fingerprint density at radius 2 is 1.53 bits per heavy atom. The van der Waals surface area contributed by atoms with Gasteiger partial charge in [0, 0.05) is 13.1 Å². The van der Waals surface area contributed by atoms with E-state index in [-0.39, 0.29) is 11.4 Å². The normalized spacial score (nSPS) is 13.9. The van der Waals surface area contributed by atoms with Crippen molar-refractivity contribution in [2.24, 2.45) is 0 Å². The van der Waals surface area contributed by atoms with Gasteiger partial charge in [-0.25, -0.2) is 23.5 Å². The standard InChI is InChI=1S/C12H13N3O2/c16-11-13(9-10-5-2-1-3-6-10)12(17)15-8-4-7-14(11)15/h1-3,5-6H,4,7-9H2. The maximum Gasteiger partial charge on any atom is 0.347 e. The van der Waals surface area contributed by atoms with E-state index in [1.807, 2.05) is 30.3 Å². The number of benzene rings is 1. The molecule has 0 radical (unpaired) electrons. The maximum atomic E-state index is 12.0. The second-order valence-corrected chi connectivity index (χ2v) is 4.24. The van der Waals surface area contributed by atoms with Gasteiger partial charge in [0.1, 0.15) is 0 Å². The lowest BCUT2D eigenvalue weighted by atomic mass is 10.2. The summed E-state index contributed by atoms with van der Waals surface area (Å²) in [5.74, 6) is 0. The Bertz CT molecular complexity index is 613. The van der Waals surface area contributed by atoms with Crippen molar-refractivity contribution >= 4 is 0 Å². The van der Waals surface area contributed by atoms with Gasteiger partial charge in [-0.2, -0.15) is 0 Å². The smallest absolute Gasteiger partial charge is 0.246 e. The predicted molar refractivity (Wildman–Crippen MR) is 63.1 cm³/mol. The number of nitrogens with zero attached hydrogens (tertiary/aromatic N) is 3. The molecule has 0 amide bonds. The predicted octanol–water partition coefficient (Wildman–Crippen LogP) is 0.263. The topological polar surface area (TPSA) is 48.9 Å². The molecule has 2 aromatic rings. The van der Waals surface area contributed by atoms with Crippen molar-refractivity contribution in [3.63, 3.8) is 0 Å². The monoisotopic (exact) mass is 231 g/mol. The highest BCUT2D eigenvalue weighted by Crippen LogP contribution is 2.02. The molecule has 1 aromatic carbocycles. The Kier molecular flexibility index (Phi) is 2.24. The third-order valence-electron chi connectivity index (χ3n) is 3.12. The summed E-state index contributed by atoms with van der Waals surface area (Å²) in [5.41, 5.74) is 0.573. The minimum absolute atomic E-state index is 0.198. The zero-order chi connectivity index (χ0) is 11.8. The van der Waals surface area contributed by atoms with Gasteiger partial charge < -0.3 is 0 Å². The minimum atomic E-state index is -0.198. The van der Waals surface area contributed by atoms with E-state index in [1.165, 1.54) is 13.9 Å². The van der Waals surface area contributed by atoms with Crippen molar-refractivity contribution in [3.05, 3.63) is 56.9 Å². The molecule has 3 rings (SSSR count). The van der Waals surface area contributed by atoms with E-state index in [1.54, 1.807) is 0 Å². The molecule has 5 heteroatoms. The molecular formula is C12H13N3O2. The van der Waals surface area contributed by atoms with Crippen LogP contribution in [0.15, 0.2) is 39.9 Å². The lowest BCUT2D eigenvalue weighted by Crippen LogP contribution is -2.30. The zero-order valence-corrected chi connectivity index (χ0v) is 9.37. The molecule has 0 saturated heterocycles. The van der Waals surface area contributed by atoms with E-state index in [4.69, 9.17) is 0 Å². The van der Waals surface area contributed by atoms with Gasteiger partial charge in [-0.05, 0) is 12.0 Å². The Balaban J connectivity index is 2.06. The van der Waals surface area contributed by atoms with E-state index in [9.17, 15) is 9.59 Å². The Morgan fingerprint density at radius 1 is 0.941 bits per heavy atom. The molecule has 0 aliphatic carbocycles. The van der Waals surface area contributed by atoms with E-state index in [0.29, 0.717) is 19.6 Å². The lowest BCUT2D eigenvalue weighted by Gasteiger charge is -1.99. The van der Waals surface area contributed by atoms with Gasteiger partial charge in [-0.15, -0.1) is 0 Å². The summed E-state index contributed by atoms with van der Waals surface area (Å²) in [6.45, 7) is 1.65. The summed E-state index contributed by atoms with van der Waals surface area (Å²) < 4.78 is 4.37. The van der Waals surface area contributed by atoms with Crippen LogP contribution < -0.4 is 11.4 Å². The van der Waals surface area contributed by atoms with Crippen LogP contribution in [0, 0.1) is 0 Å². The molecule has 0 N–H and O–H groups in total. The first-order chi connectivity index (χ1) is 8.27. The van der Waals surface area contributed by atoms with Crippen molar-refractivity contribution in [1.82, 2.24) is 13.9 Å². The van der Waals surface area contributed by atoms with Gasteiger partial charge in [0.25, 0.3) is 0 Å². The molecule has 17 heavy (non-hydrogen) atoms. The number of rotatable bonds is 2. The van der Waals surface area contributed by atoms with Gasteiger partial charge in [0.2, 0.25) is 0 Å². The summed E-state index contributed by atoms with van der Waals surface area (Å²) in [6.07, 6.45) is 0.872. The first kappa shape index (κ1) is 10.1. The van der Waals surface area contributed by atoms with Crippen LogP contribution in [-0.2, 0) is 19.6 Å². The van der Waals surface area contributed by atoms with Gasteiger partial charge in [0.15, 0.2) is 0 Å². The van der Waals surface area contributed by atoms with Crippen LogP contribution in [-0.4, -0.2) is 13.9 Å². The number of aromatic nitrogens is 3. The van der Waals surface area contributed by atoms with Crippen molar-refractivity contribution in [2.45, 2.75) is 26.1 Å². The molecule has 1 aromatic heterocycles. The number of fused-ring (bicyclic) bond motifs is 1. The second kappa shape index (κ2) is 3.76. The second-order valence-electron chi connectivity index (χ2n) is 4.24. The third-order valence-corrected chi connectivity index (χ3v) is 3.12. The molecule has 0 atom stereocenters. The molecule has 0 spiro atoms. The minimum Gasteiger partial charge on any atom is -0.246 e. The summed E-state index contributed by atoms with van der Waals surface area (Å²) in [4.78, 5) is 24.0. The van der Waals surface area contributed by atoms with Crippen molar-refractivity contribution < 1.29 is 0 Å². The van der Waals surface area contributed by atoms with Gasteiger partial charge in [-0.3, -0.25) is 0 Å². The van der Waals surface area contributed by atoms with Crippen molar-refractivity contribution in [2.75, 3.05) is 0 Å². The molecule has 0 unspecified atom stereocenters. The van der Waals surface area contributed by atoms with Crippen LogP contribution in [0.2, 0.25) is 0 Å².